The van der Waals surface area contributed by atoms with Crippen LogP contribution in [0.5, 0.6) is 0 Å². The van der Waals surface area contributed by atoms with Crippen molar-refractivity contribution in [3.63, 3.8) is 0 Å². The average Bonchev–Trinajstić information content (AvgIpc) is 2.73. The molecule has 9 nitrogen and oxygen atoms in total. The number of piperazine rings is 1. The van der Waals surface area contributed by atoms with Gasteiger partial charge in [-0.15, -0.1) is 0 Å². The Bertz CT molecular complexity index is 781. The van der Waals surface area contributed by atoms with E-state index in [1.54, 1.807) is 11.2 Å². The number of hydrogen-bond donors (Lipinski definition) is 0. The van der Waals surface area contributed by atoms with Gasteiger partial charge in [0, 0.05) is 56.9 Å². The Morgan fingerprint density at radius 3 is 2.32 bits per heavy atom. The van der Waals surface area contributed by atoms with Gasteiger partial charge in [0.15, 0.2) is 0 Å². The molecule has 1 aromatic heterocycles. The number of amides is 2. The van der Waals surface area contributed by atoms with E-state index in [-0.39, 0.29) is 17.9 Å². The Labute approximate surface area is 184 Å². The third kappa shape index (κ3) is 6.06. The van der Waals surface area contributed by atoms with Crippen LogP contribution in [-0.4, -0.2) is 89.9 Å². The first kappa shape index (κ1) is 23.2. The Kier molecular flexibility index (Phi) is 7.35. The molecule has 2 fully saturated rings. The van der Waals surface area contributed by atoms with Crippen molar-refractivity contribution in [3.05, 3.63) is 17.6 Å². The second-order valence-corrected chi connectivity index (χ2v) is 9.25. The second kappa shape index (κ2) is 9.80. The third-order valence-corrected chi connectivity index (χ3v) is 5.63. The first-order chi connectivity index (χ1) is 14.7. The van der Waals surface area contributed by atoms with Crippen LogP contribution < -0.4 is 4.90 Å². The largest absolute Gasteiger partial charge is 0.444 e. The van der Waals surface area contributed by atoms with Crippen LogP contribution >= 0.6 is 0 Å². The molecule has 0 saturated carbocycles. The van der Waals surface area contributed by atoms with Gasteiger partial charge in [0.05, 0.1) is 13.2 Å². The summed E-state index contributed by atoms with van der Waals surface area (Å²) in [4.78, 5) is 39.9. The zero-order chi connectivity index (χ0) is 22.6. The van der Waals surface area contributed by atoms with Gasteiger partial charge in [0.2, 0.25) is 5.91 Å². The van der Waals surface area contributed by atoms with E-state index in [1.165, 1.54) is 0 Å². The predicted octanol–water partition coefficient (Wildman–Crippen LogP) is 2.19. The molecule has 172 valence electrons. The Balaban J connectivity index is 1.67. The van der Waals surface area contributed by atoms with E-state index in [0.29, 0.717) is 58.9 Å². The number of carbonyl (C=O) groups is 2. The molecule has 0 spiro atoms. The van der Waals surface area contributed by atoms with Crippen LogP contribution in [0.2, 0.25) is 0 Å². The number of hydrogen-bond acceptors (Lipinski definition) is 7. The van der Waals surface area contributed by atoms with Crippen LogP contribution in [0.3, 0.4) is 0 Å². The lowest BCUT2D eigenvalue weighted by atomic mass is 9.95. The van der Waals surface area contributed by atoms with Crippen LogP contribution in [0, 0.1) is 6.92 Å². The summed E-state index contributed by atoms with van der Waals surface area (Å²) in [6.45, 7) is 14.6. The molecule has 2 aliphatic rings. The topological polar surface area (TPSA) is 88.1 Å². The maximum absolute atomic E-state index is 12.8. The average molecular weight is 434 g/mol. The number of nitrogens with zero attached hydrogens (tertiary/aromatic N) is 5. The number of ether oxygens (including phenoxy) is 2. The summed E-state index contributed by atoms with van der Waals surface area (Å²) in [5, 5.41) is 0. The van der Waals surface area contributed by atoms with Gasteiger partial charge in [-0.05, 0) is 33.6 Å². The zero-order valence-corrected chi connectivity index (χ0v) is 19.4. The van der Waals surface area contributed by atoms with Crippen LogP contribution in [0.25, 0.3) is 0 Å². The highest BCUT2D eigenvalue weighted by molar-refractivity contribution is 5.77. The lowest BCUT2D eigenvalue weighted by Gasteiger charge is -2.37. The molecule has 3 heterocycles. The Morgan fingerprint density at radius 1 is 1.06 bits per heavy atom. The highest BCUT2D eigenvalue weighted by atomic mass is 16.6. The van der Waals surface area contributed by atoms with Crippen molar-refractivity contribution < 1.29 is 19.1 Å². The van der Waals surface area contributed by atoms with E-state index < -0.39 is 5.60 Å². The maximum Gasteiger partial charge on any atom is 0.410 e. The molecule has 2 amide bonds. The van der Waals surface area contributed by atoms with Gasteiger partial charge in [0.1, 0.15) is 17.7 Å². The van der Waals surface area contributed by atoms with Crippen LogP contribution in [0.4, 0.5) is 10.6 Å². The van der Waals surface area contributed by atoms with Gasteiger partial charge >= 0.3 is 6.09 Å². The van der Waals surface area contributed by atoms with E-state index in [9.17, 15) is 9.59 Å². The molecule has 0 bridgehead atoms. The van der Waals surface area contributed by atoms with Gasteiger partial charge in [-0.1, -0.05) is 6.92 Å². The summed E-state index contributed by atoms with van der Waals surface area (Å²) < 4.78 is 10.8. The van der Waals surface area contributed by atoms with E-state index >= 15 is 0 Å². The van der Waals surface area contributed by atoms with E-state index in [2.05, 4.69) is 21.8 Å². The normalized spacial score (nSPS) is 18.7. The Hall–Kier alpha value is -2.42. The molecule has 0 aliphatic carbocycles. The Morgan fingerprint density at radius 2 is 1.71 bits per heavy atom. The van der Waals surface area contributed by atoms with E-state index in [0.717, 1.165) is 17.1 Å². The molecule has 2 aliphatic heterocycles. The maximum atomic E-state index is 12.8. The fourth-order valence-electron chi connectivity index (χ4n) is 4.03. The van der Waals surface area contributed by atoms with Gasteiger partial charge in [0.25, 0.3) is 0 Å². The zero-order valence-electron chi connectivity index (χ0n) is 19.4. The molecule has 0 N–H and O–H groups in total. The van der Waals surface area contributed by atoms with Crippen molar-refractivity contribution in [2.75, 3.05) is 57.4 Å². The molecule has 9 heteroatoms. The molecule has 31 heavy (non-hydrogen) atoms. The van der Waals surface area contributed by atoms with Gasteiger partial charge in [-0.3, -0.25) is 4.79 Å². The number of aromatic nitrogens is 2. The summed E-state index contributed by atoms with van der Waals surface area (Å²) >= 11 is 0. The minimum Gasteiger partial charge on any atom is -0.444 e. The number of anilines is 1. The van der Waals surface area contributed by atoms with Gasteiger partial charge in [-0.25, -0.2) is 14.8 Å². The molecular weight excluding hydrogens is 398 g/mol. The van der Waals surface area contributed by atoms with Crippen LogP contribution in [0.1, 0.15) is 51.3 Å². The number of morpholine rings is 1. The highest BCUT2D eigenvalue weighted by Gasteiger charge is 2.29. The standard InChI is InChI=1S/C22H35N5O4/c1-16(14-18(28)25-10-12-30-13-11-25)19-17(2)23-15-24-20(19)26-6-8-27(9-7-26)21(29)31-22(3,4)5/h15-16H,6-14H2,1-5H3. The summed E-state index contributed by atoms with van der Waals surface area (Å²) in [5.74, 6) is 0.994. The minimum atomic E-state index is -0.506. The molecule has 1 unspecified atom stereocenters. The van der Waals surface area contributed by atoms with E-state index in [4.69, 9.17) is 9.47 Å². The first-order valence-corrected chi connectivity index (χ1v) is 11.1. The summed E-state index contributed by atoms with van der Waals surface area (Å²) in [6, 6.07) is 0. The highest BCUT2D eigenvalue weighted by Crippen LogP contribution is 2.31. The summed E-state index contributed by atoms with van der Waals surface area (Å²) in [6.07, 6.45) is 1.71. The fourth-order valence-corrected chi connectivity index (χ4v) is 4.03. The molecule has 2 saturated heterocycles. The number of aryl methyl sites for hydroxylation is 1. The van der Waals surface area contributed by atoms with Crippen molar-refractivity contribution in [2.24, 2.45) is 0 Å². The quantitative estimate of drug-likeness (QED) is 0.719. The number of carbonyl (C=O) groups excluding carboxylic acids is 2. The van der Waals surface area contributed by atoms with Crippen LogP contribution in [0.15, 0.2) is 6.33 Å². The van der Waals surface area contributed by atoms with E-state index in [1.807, 2.05) is 32.6 Å². The molecule has 0 aromatic carbocycles. The second-order valence-electron chi connectivity index (χ2n) is 9.25. The lowest BCUT2D eigenvalue weighted by Crippen LogP contribution is -2.50. The molecule has 0 radical (unpaired) electrons. The van der Waals surface area contributed by atoms with Gasteiger partial charge < -0.3 is 24.2 Å². The van der Waals surface area contributed by atoms with Crippen molar-refractivity contribution in [1.82, 2.24) is 19.8 Å². The smallest absolute Gasteiger partial charge is 0.410 e. The summed E-state index contributed by atoms with van der Waals surface area (Å²) in [7, 11) is 0. The lowest BCUT2D eigenvalue weighted by molar-refractivity contribution is -0.135. The minimum absolute atomic E-state index is 0.00423. The van der Waals surface area contributed by atoms with Gasteiger partial charge in [-0.2, -0.15) is 0 Å². The van der Waals surface area contributed by atoms with Crippen molar-refractivity contribution in [3.8, 4) is 0 Å². The number of rotatable bonds is 4. The summed E-state index contributed by atoms with van der Waals surface area (Å²) in [5.41, 5.74) is 1.39. The predicted molar refractivity (Wildman–Crippen MR) is 117 cm³/mol. The molecule has 1 aromatic rings. The van der Waals surface area contributed by atoms with Crippen molar-refractivity contribution in [2.45, 2.75) is 52.6 Å². The van der Waals surface area contributed by atoms with Crippen molar-refractivity contribution >= 4 is 17.8 Å². The fraction of sp³-hybridized carbons (Fsp3) is 0.727. The molecule has 1 atom stereocenters. The van der Waals surface area contributed by atoms with Crippen LogP contribution in [-0.2, 0) is 14.3 Å². The monoisotopic (exact) mass is 433 g/mol. The first-order valence-electron chi connectivity index (χ1n) is 11.1. The molecule has 3 rings (SSSR count). The van der Waals surface area contributed by atoms with Crippen molar-refractivity contribution in [1.29, 1.82) is 0 Å². The third-order valence-electron chi connectivity index (χ3n) is 5.63. The SMILES string of the molecule is Cc1ncnc(N2CCN(C(=O)OC(C)(C)C)CC2)c1C(C)CC(=O)N1CCOCC1. The molecular formula is C22H35N5O4.